The first-order valence-electron chi connectivity index (χ1n) is 8.07. The average Bonchev–Trinajstić information content (AvgIpc) is 2.95. The minimum Gasteiger partial charge on any atom is -0.481 e. The Morgan fingerprint density at radius 2 is 2.00 bits per heavy atom. The van der Waals surface area contributed by atoms with Crippen LogP contribution in [0.3, 0.4) is 0 Å². The summed E-state index contributed by atoms with van der Waals surface area (Å²) >= 11 is 0. The van der Waals surface area contributed by atoms with Gasteiger partial charge in [-0.2, -0.15) is 0 Å². The number of amides is 1. The predicted molar refractivity (Wildman–Crippen MR) is 89.0 cm³/mol. The van der Waals surface area contributed by atoms with E-state index in [1.807, 2.05) is 24.0 Å². The van der Waals surface area contributed by atoms with Gasteiger partial charge in [-0.25, -0.2) is 0 Å². The number of rotatable bonds is 4. The maximum atomic E-state index is 12.4. The number of hydrogen-bond donors (Lipinski definition) is 1. The standard InChI is InChI=1S/C18H28N2O2/c1-13(17(21)20-10-9-14(11-19)12-20)22-16-7-5-15(6-8-16)18(2,3)4/h5-8,13-14H,9-12,19H2,1-4H3. The van der Waals surface area contributed by atoms with Crippen molar-refractivity contribution in [2.75, 3.05) is 19.6 Å². The second kappa shape index (κ2) is 6.69. The van der Waals surface area contributed by atoms with Gasteiger partial charge in [-0.3, -0.25) is 4.79 Å². The summed E-state index contributed by atoms with van der Waals surface area (Å²) in [6.07, 6.45) is 0.534. The zero-order valence-electron chi connectivity index (χ0n) is 14.1. The highest BCUT2D eigenvalue weighted by Crippen LogP contribution is 2.25. The molecule has 0 bridgehead atoms. The molecule has 2 atom stereocenters. The van der Waals surface area contributed by atoms with Crippen molar-refractivity contribution in [3.8, 4) is 5.75 Å². The van der Waals surface area contributed by atoms with Crippen molar-refractivity contribution in [1.82, 2.24) is 4.90 Å². The third-order valence-electron chi connectivity index (χ3n) is 4.31. The molecule has 1 aliphatic heterocycles. The molecular formula is C18H28N2O2. The maximum Gasteiger partial charge on any atom is 0.263 e. The molecule has 0 radical (unpaired) electrons. The Morgan fingerprint density at radius 1 is 1.36 bits per heavy atom. The molecular weight excluding hydrogens is 276 g/mol. The van der Waals surface area contributed by atoms with Crippen molar-refractivity contribution in [1.29, 1.82) is 0 Å². The van der Waals surface area contributed by atoms with Crippen LogP contribution in [0.5, 0.6) is 5.75 Å². The van der Waals surface area contributed by atoms with E-state index in [4.69, 9.17) is 10.5 Å². The lowest BCUT2D eigenvalue weighted by atomic mass is 9.87. The monoisotopic (exact) mass is 304 g/mol. The SMILES string of the molecule is CC(Oc1ccc(C(C)(C)C)cc1)C(=O)N1CCC(CN)C1. The minimum atomic E-state index is -0.461. The average molecular weight is 304 g/mol. The van der Waals surface area contributed by atoms with Crippen LogP contribution >= 0.6 is 0 Å². The molecule has 2 unspecified atom stereocenters. The fourth-order valence-corrected chi connectivity index (χ4v) is 2.77. The van der Waals surface area contributed by atoms with Gasteiger partial charge in [0.15, 0.2) is 6.10 Å². The van der Waals surface area contributed by atoms with Gasteiger partial charge in [0.25, 0.3) is 5.91 Å². The first-order chi connectivity index (χ1) is 10.3. The van der Waals surface area contributed by atoms with E-state index in [1.165, 1.54) is 5.56 Å². The Bertz CT molecular complexity index is 505. The molecule has 0 spiro atoms. The van der Waals surface area contributed by atoms with Crippen molar-refractivity contribution in [2.45, 2.75) is 45.6 Å². The quantitative estimate of drug-likeness (QED) is 0.930. The summed E-state index contributed by atoms with van der Waals surface area (Å²) in [6.45, 7) is 10.5. The Kier molecular flexibility index (Phi) is 5.12. The van der Waals surface area contributed by atoms with Crippen LogP contribution in [0.15, 0.2) is 24.3 Å². The van der Waals surface area contributed by atoms with E-state index in [0.717, 1.165) is 25.3 Å². The van der Waals surface area contributed by atoms with Crippen LogP contribution in [0.2, 0.25) is 0 Å². The predicted octanol–water partition coefficient (Wildman–Crippen LogP) is 2.56. The van der Waals surface area contributed by atoms with Gasteiger partial charge >= 0.3 is 0 Å². The molecule has 1 heterocycles. The molecule has 1 aromatic rings. The normalized spacial score (nSPS) is 20.0. The highest BCUT2D eigenvalue weighted by Gasteiger charge is 2.29. The zero-order valence-corrected chi connectivity index (χ0v) is 14.1. The Morgan fingerprint density at radius 3 is 2.50 bits per heavy atom. The van der Waals surface area contributed by atoms with E-state index in [2.05, 4.69) is 32.9 Å². The minimum absolute atomic E-state index is 0.0517. The molecule has 2 N–H and O–H groups in total. The summed E-state index contributed by atoms with van der Waals surface area (Å²) in [7, 11) is 0. The van der Waals surface area contributed by atoms with E-state index in [1.54, 1.807) is 0 Å². The first-order valence-corrected chi connectivity index (χ1v) is 8.07. The van der Waals surface area contributed by atoms with Gasteiger partial charge in [0.2, 0.25) is 0 Å². The van der Waals surface area contributed by atoms with Crippen molar-refractivity contribution in [2.24, 2.45) is 11.7 Å². The van der Waals surface area contributed by atoms with E-state index < -0.39 is 6.10 Å². The molecule has 1 amide bonds. The lowest BCUT2D eigenvalue weighted by Crippen LogP contribution is -2.39. The van der Waals surface area contributed by atoms with Crippen LogP contribution < -0.4 is 10.5 Å². The van der Waals surface area contributed by atoms with Crippen LogP contribution in [-0.2, 0) is 10.2 Å². The summed E-state index contributed by atoms with van der Waals surface area (Å²) in [5.41, 5.74) is 7.05. The highest BCUT2D eigenvalue weighted by atomic mass is 16.5. The fourth-order valence-electron chi connectivity index (χ4n) is 2.77. The molecule has 0 saturated carbocycles. The summed E-state index contributed by atoms with van der Waals surface area (Å²) < 4.78 is 5.80. The first kappa shape index (κ1) is 16.8. The number of likely N-dealkylation sites (tertiary alicyclic amines) is 1. The molecule has 0 aliphatic carbocycles. The van der Waals surface area contributed by atoms with Gasteiger partial charge in [-0.05, 0) is 48.9 Å². The fraction of sp³-hybridized carbons (Fsp3) is 0.611. The van der Waals surface area contributed by atoms with Crippen LogP contribution in [0.25, 0.3) is 0 Å². The number of carbonyl (C=O) groups excluding carboxylic acids is 1. The molecule has 4 nitrogen and oxygen atoms in total. The molecule has 22 heavy (non-hydrogen) atoms. The van der Waals surface area contributed by atoms with Crippen molar-refractivity contribution >= 4 is 5.91 Å². The van der Waals surface area contributed by atoms with Crippen LogP contribution in [-0.4, -0.2) is 36.5 Å². The van der Waals surface area contributed by atoms with Crippen LogP contribution in [0.1, 0.15) is 39.7 Å². The van der Waals surface area contributed by atoms with Gasteiger partial charge in [0, 0.05) is 13.1 Å². The van der Waals surface area contributed by atoms with E-state index >= 15 is 0 Å². The molecule has 4 heteroatoms. The Balaban J connectivity index is 1.94. The number of carbonyl (C=O) groups is 1. The lowest BCUT2D eigenvalue weighted by Gasteiger charge is -2.23. The molecule has 2 rings (SSSR count). The van der Waals surface area contributed by atoms with Crippen LogP contribution in [0, 0.1) is 5.92 Å². The van der Waals surface area contributed by atoms with Gasteiger partial charge in [0.1, 0.15) is 5.75 Å². The zero-order chi connectivity index (χ0) is 16.3. The number of nitrogens with two attached hydrogens (primary N) is 1. The molecule has 1 aliphatic rings. The number of nitrogens with zero attached hydrogens (tertiary/aromatic N) is 1. The number of benzene rings is 1. The molecule has 122 valence electrons. The summed E-state index contributed by atoms with van der Waals surface area (Å²) in [5, 5.41) is 0. The third kappa shape index (κ3) is 4.01. The largest absolute Gasteiger partial charge is 0.481 e. The van der Waals surface area contributed by atoms with E-state index in [9.17, 15) is 4.79 Å². The topological polar surface area (TPSA) is 55.6 Å². The van der Waals surface area contributed by atoms with Gasteiger partial charge in [-0.1, -0.05) is 32.9 Å². The van der Waals surface area contributed by atoms with Crippen molar-refractivity contribution in [3.05, 3.63) is 29.8 Å². The van der Waals surface area contributed by atoms with Crippen molar-refractivity contribution < 1.29 is 9.53 Å². The smallest absolute Gasteiger partial charge is 0.263 e. The third-order valence-corrected chi connectivity index (χ3v) is 4.31. The van der Waals surface area contributed by atoms with Crippen LogP contribution in [0.4, 0.5) is 0 Å². The van der Waals surface area contributed by atoms with Gasteiger partial charge in [-0.15, -0.1) is 0 Å². The maximum absolute atomic E-state index is 12.4. The van der Waals surface area contributed by atoms with Gasteiger partial charge < -0.3 is 15.4 Å². The van der Waals surface area contributed by atoms with Crippen molar-refractivity contribution in [3.63, 3.8) is 0 Å². The molecule has 0 aromatic heterocycles. The van der Waals surface area contributed by atoms with E-state index in [-0.39, 0.29) is 11.3 Å². The lowest BCUT2D eigenvalue weighted by molar-refractivity contribution is -0.136. The summed E-state index contributed by atoms with van der Waals surface area (Å²) in [5.74, 6) is 1.22. The van der Waals surface area contributed by atoms with E-state index in [0.29, 0.717) is 12.5 Å². The second-order valence-electron chi connectivity index (χ2n) is 7.21. The Labute approximate surface area is 133 Å². The highest BCUT2D eigenvalue weighted by molar-refractivity contribution is 5.81. The second-order valence-corrected chi connectivity index (χ2v) is 7.21. The Hall–Kier alpha value is -1.55. The number of hydrogen-bond acceptors (Lipinski definition) is 3. The van der Waals surface area contributed by atoms with Gasteiger partial charge in [0.05, 0.1) is 0 Å². The molecule has 1 fully saturated rings. The molecule has 1 saturated heterocycles. The number of ether oxygens (including phenoxy) is 1. The molecule has 1 aromatic carbocycles. The summed E-state index contributed by atoms with van der Waals surface area (Å²) in [4.78, 5) is 14.3. The summed E-state index contributed by atoms with van der Waals surface area (Å²) in [6, 6.07) is 8.01.